The molecule has 5 nitrogen and oxygen atoms in total. The van der Waals surface area contributed by atoms with Gasteiger partial charge in [-0.2, -0.15) is 9.98 Å². The zero-order valence-electron chi connectivity index (χ0n) is 9.10. The van der Waals surface area contributed by atoms with Crippen molar-refractivity contribution in [2.75, 3.05) is 0 Å². The van der Waals surface area contributed by atoms with Gasteiger partial charge in [0.15, 0.2) is 5.84 Å². The minimum absolute atomic E-state index is 0.0955. The summed E-state index contributed by atoms with van der Waals surface area (Å²) in [5.74, 6) is 2.38. The lowest BCUT2D eigenvalue weighted by atomic mass is 10.3. The van der Waals surface area contributed by atoms with Gasteiger partial charge in [-0.15, -0.1) is 0 Å². The van der Waals surface area contributed by atoms with Gasteiger partial charge in [-0.05, 0) is 19.1 Å². The van der Waals surface area contributed by atoms with Gasteiger partial charge in [0, 0.05) is 0 Å². The predicted molar refractivity (Wildman–Crippen MR) is 74.8 cm³/mol. The highest BCUT2D eigenvalue weighted by molar-refractivity contribution is 6.77. The van der Waals surface area contributed by atoms with Gasteiger partial charge in [0.2, 0.25) is 9.75 Å². The number of halogens is 3. The molecular formula is C10H6Cl3N5. The molecule has 0 aromatic carbocycles. The molecule has 0 bridgehead atoms. The number of hydrogen-bond donors (Lipinski definition) is 0. The molecule has 0 amide bonds. The Morgan fingerprint density at radius 2 is 1.89 bits per heavy atom. The Morgan fingerprint density at radius 3 is 2.61 bits per heavy atom. The second-order valence-electron chi connectivity index (χ2n) is 3.69. The zero-order valence-corrected chi connectivity index (χ0v) is 11.4. The van der Waals surface area contributed by atoms with Gasteiger partial charge in [-0.25, -0.2) is 14.9 Å². The van der Waals surface area contributed by atoms with Crippen molar-refractivity contribution in [2.45, 2.75) is 10.7 Å². The molecule has 0 aromatic heterocycles. The summed E-state index contributed by atoms with van der Waals surface area (Å²) < 4.78 is -1.68. The van der Waals surface area contributed by atoms with E-state index < -0.39 is 3.79 Å². The summed E-state index contributed by atoms with van der Waals surface area (Å²) in [5, 5.41) is 0. The summed E-state index contributed by atoms with van der Waals surface area (Å²) in [5.41, 5.74) is 0. The lowest BCUT2D eigenvalue weighted by molar-refractivity contribution is 0.709. The van der Waals surface area contributed by atoms with Crippen molar-refractivity contribution >= 4 is 58.3 Å². The van der Waals surface area contributed by atoms with Crippen LogP contribution in [0.15, 0.2) is 44.0 Å². The first-order valence-corrected chi connectivity index (χ1v) is 6.15. The van der Waals surface area contributed by atoms with Crippen molar-refractivity contribution < 1.29 is 0 Å². The number of guanidine groups is 1. The standard InChI is InChI=1S/C10H6Cl3N5/c1-5-14-6-3-2-4-7-16-8(10(11,12)13)17-9(15-5)18(6)7/h2-4H,1H3. The highest BCUT2D eigenvalue weighted by atomic mass is 35.6. The molecule has 3 rings (SSSR count). The Morgan fingerprint density at radius 1 is 1.11 bits per heavy atom. The Kier molecular flexibility index (Phi) is 2.59. The fourth-order valence-corrected chi connectivity index (χ4v) is 1.94. The van der Waals surface area contributed by atoms with Crippen molar-refractivity contribution in [3.63, 3.8) is 0 Å². The summed E-state index contributed by atoms with van der Waals surface area (Å²) >= 11 is 17.4. The molecule has 0 radical (unpaired) electrons. The van der Waals surface area contributed by atoms with E-state index in [1.807, 2.05) is 12.2 Å². The number of alkyl halides is 3. The van der Waals surface area contributed by atoms with Crippen LogP contribution in [-0.4, -0.2) is 32.2 Å². The van der Waals surface area contributed by atoms with Crippen LogP contribution in [0.2, 0.25) is 0 Å². The molecule has 0 saturated carbocycles. The average molecular weight is 303 g/mol. The lowest BCUT2D eigenvalue weighted by Crippen LogP contribution is -2.43. The normalized spacial score (nSPS) is 21.6. The molecule has 92 valence electrons. The Hall–Kier alpha value is -1.17. The average Bonchev–Trinajstić information content (AvgIpc) is 2.27. The molecule has 3 aliphatic heterocycles. The van der Waals surface area contributed by atoms with Crippen LogP contribution in [0.5, 0.6) is 0 Å². The van der Waals surface area contributed by atoms with Gasteiger partial charge in [-0.1, -0.05) is 40.9 Å². The second kappa shape index (κ2) is 3.91. The molecule has 0 aromatic rings. The minimum Gasteiger partial charge on any atom is -0.246 e. The number of hydrogen-bond acceptors (Lipinski definition) is 5. The summed E-state index contributed by atoms with van der Waals surface area (Å²) in [4.78, 5) is 18.6. The highest BCUT2D eigenvalue weighted by Crippen LogP contribution is 2.32. The fraction of sp³-hybridized carbons (Fsp3) is 0.200. The molecule has 0 unspecified atom stereocenters. The van der Waals surface area contributed by atoms with Gasteiger partial charge < -0.3 is 0 Å². The van der Waals surface area contributed by atoms with Crippen LogP contribution in [0, 0.1) is 0 Å². The molecular weight excluding hydrogens is 297 g/mol. The maximum absolute atomic E-state index is 5.81. The number of nitrogens with zero attached hydrogens (tertiary/aromatic N) is 5. The number of allylic oxidation sites excluding steroid dienone is 2. The maximum Gasteiger partial charge on any atom is 0.250 e. The topological polar surface area (TPSA) is 52.7 Å². The van der Waals surface area contributed by atoms with Crippen molar-refractivity contribution in [1.29, 1.82) is 0 Å². The van der Waals surface area contributed by atoms with Crippen molar-refractivity contribution in [3.8, 4) is 0 Å². The van der Waals surface area contributed by atoms with E-state index in [1.165, 1.54) is 0 Å². The summed E-state index contributed by atoms with van der Waals surface area (Å²) in [7, 11) is 0. The smallest absolute Gasteiger partial charge is 0.246 e. The lowest BCUT2D eigenvalue weighted by Gasteiger charge is -2.31. The summed E-state index contributed by atoms with van der Waals surface area (Å²) in [6, 6.07) is 0. The Labute approximate surface area is 118 Å². The number of rotatable bonds is 0. The van der Waals surface area contributed by atoms with Crippen molar-refractivity contribution in [1.82, 2.24) is 4.90 Å². The first-order valence-electron chi connectivity index (χ1n) is 5.02. The SMILES string of the molecule is CC1=NC2=CC=CC3=NC(C(Cl)(Cl)Cl)=NC(=N1)N23. The number of aliphatic imine (C=N–C) groups is 4. The first kappa shape index (κ1) is 11.9. The van der Waals surface area contributed by atoms with E-state index in [0.29, 0.717) is 23.5 Å². The second-order valence-corrected chi connectivity index (χ2v) is 5.97. The molecule has 0 N–H and O–H groups in total. The van der Waals surface area contributed by atoms with Crippen LogP contribution < -0.4 is 0 Å². The van der Waals surface area contributed by atoms with Gasteiger partial charge in [0.25, 0.3) is 0 Å². The van der Waals surface area contributed by atoms with Crippen molar-refractivity contribution in [2.24, 2.45) is 20.0 Å². The molecule has 0 saturated heterocycles. The zero-order chi connectivity index (χ0) is 12.9. The minimum atomic E-state index is -1.68. The van der Waals surface area contributed by atoms with Crippen LogP contribution in [0.1, 0.15) is 6.92 Å². The quantitative estimate of drug-likeness (QED) is 0.635. The van der Waals surface area contributed by atoms with E-state index in [9.17, 15) is 0 Å². The number of amidine groups is 3. The Bertz CT molecular complexity index is 603. The van der Waals surface area contributed by atoms with E-state index in [1.54, 1.807) is 17.9 Å². The van der Waals surface area contributed by atoms with Gasteiger partial charge in [0.1, 0.15) is 17.5 Å². The van der Waals surface area contributed by atoms with Crippen LogP contribution in [0.3, 0.4) is 0 Å². The Balaban J connectivity index is 2.17. The molecule has 0 spiro atoms. The van der Waals surface area contributed by atoms with Gasteiger partial charge in [0.05, 0.1) is 0 Å². The van der Waals surface area contributed by atoms with E-state index in [2.05, 4.69) is 20.0 Å². The fourth-order valence-electron chi connectivity index (χ4n) is 1.68. The summed E-state index contributed by atoms with van der Waals surface area (Å²) in [6.45, 7) is 1.78. The van der Waals surface area contributed by atoms with E-state index in [0.717, 1.165) is 0 Å². The van der Waals surface area contributed by atoms with Crippen LogP contribution in [0.4, 0.5) is 0 Å². The molecule has 0 aliphatic carbocycles. The molecule has 0 atom stereocenters. The van der Waals surface area contributed by atoms with Crippen LogP contribution in [-0.2, 0) is 0 Å². The molecule has 8 heteroatoms. The summed E-state index contributed by atoms with van der Waals surface area (Å²) in [6.07, 6.45) is 5.44. The van der Waals surface area contributed by atoms with E-state index in [-0.39, 0.29) is 5.84 Å². The highest BCUT2D eigenvalue weighted by Gasteiger charge is 2.36. The van der Waals surface area contributed by atoms with Crippen LogP contribution >= 0.6 is 34.8 Å². The van der Waals surface area contributed by atoms with E-state index in [4.69, 9.17) is 34.8 Å². The first-order chi connectivity index (χ1) is 8.45. The molecule has 18 heavy (non-hydrogen) atoms. The predicted octanol–water partition coefficient (Wildman–Crippen LogP) is 2.67. The van der Waals surface area contributed by atoms with Crippen LogP contribution in [0.25, 0.3) is 0 Å². The van der Waals surface area contributed by atoms with E-state index >= 15 is 0 Å². The third kappa shape index (κ3) is 1.88. The largest absolute Gasteiger partial charge is 0.250 e. The van der Waals surface area contributed by atoms with Gasteiger partial charge in [-0.3, -0.25) is 0 Å². The third-order valence-corrected chi connectivity index (χ3v) is 2.87. The molecule has 3 aliphatic rings. The molecule has 0 fully saturated rings. The third-order valence-electron chi connectivity index (χ3n) is 2.37. The molecule has 3 heterocycles. The maximum atomic E-state index is 5.81. The monoisotopic (exact) mass is 301 g/mol. The van der Waals surface area contributed by atoms with Gasteiger partial charge >= 0.3 is 0 Å². The van der Waals surface area contributed by atoms with Crippen molar-refractivity contribution in [3.05, 3.63) is 24.0 Å².